The quantitative estimate of drug-likeness (QED) is 0.783. The first-order valence-corrected chi connectivity index (χ1v) is 6.29. The number of nitriles is 1. The highest BCUT2D eigenvalue weighted by Crippen LogP contribution is 2.29. The Hall–Kier alpha value is -0.970. The van der Waals surface area contributed by atoms with E-state index in [9.17, 15) is 17.2 Å². The lowest BCUT2D eigenvalue weighted by atomic mass is 10.2. The molecule has 1 rings (SSSR count). The van der Waals surface area contributed by atoms with Gasteiger partial charge in [-0.25, -0.2) is 22.2 Å². The van der Waals surface area contributed by atoms with Gasteiger partial charge in [-0.3, -0.25) is 0 Å². The second-order valence-electron chi connectivity index (χ2n) is 2.55. The fraction of sp³-hybridized carbons (Fsp3) is 0.143. The van der Waals surface area contributed by atoms with Crippen LogP contribution in [0.5, 0.6) is 0 Å². The highest BCUT2D eigenvalue weighted by Gasteiger charge is 2.23. The zero-order valence-electron chi connectivity index (χ0n) is 7.29. The molecule has 0 amide bonds. The standard InChI is InChI=1S/C7H2Cl2F2N2O2S/c8-4-1-5(16(9,14)15)13-6(7(10)11)3(4)2-12/h1,7H. The maximum atomic E-state index is 12.5. The molecule has 0 radical (unpaired) electrons. The van der Waals surface area contributed by atoms with E-state index in [0.717, 1.165) is 6.07 Å². The van der Waals surface area contributed by atoms with Crippen molar-refractivity contribution in [3.05, 3.63) is 22.3 Å². The normalized spacial score (nSPS) is 11.5. The van der Waals surface area contributed by atoms with Crippen molar-refractivity contribution in [2.24, 2.45) is 0 Å². The van der Waals surface area contributed by atoms with E-state index in [4.69, 9.17) is 27.5 Å². The minimum atomic E-state index is -4.27. The van der Waals surface area contributed by atoms with Crippen molar-refractivity contribution < 1.29 is 17.2 Å². The monoisotopic (exact) mass is 286 g/mol. The maximum absolute atomic E-state index is 12.5. The zero-order chi connectivity index (χ0) is 12.5. The molecule has 9 heteroatoms. The van der Waals surface area contributed by atoms with Crippen LogP contribution in [0, 0.1) is 11.3 Å². The third-order valence-electron chi connectivity index (χ3n) is 1.54. The average molecular weight is 287 g/mol. The first-order chi connectivity index (χ1) is 7.27. The first kappa shape index (κ1) is 13.1. The summed E-state index contributed by atoms with van der Waals surface area (Å²) in [6.45, 7) is 0. The van der Waals surface area contributed by atoms with E-state index in [1.165, 1.54) is 6.07 Å². The number of pyridine rings is 1. The van der Waals surface area contributed by atoms with Crippen molar-refractivity contribution in [2.75, 3.05) is 0 Å². The minimum Gasteiger partial charge on any atom is -0.232 e. The van der Waals surface area contributed by atoms with E-state index < -0.39 is 36.8 Å². The number of hydrogen-bond donors (Lipinski definition) is 0. The topological polar surface area (TPSA) is 70.8 Å². The Morgan fingerprint density at radius 2 is 2.06 bits per heavy atom. The number of aromatic nitrogens is 1. The number of rotatable bonds is 2. The summed E-state index contributed by atoms with van der Waals surface area (Å²) in [5.41, 5.74) is -1.57. The van der Waals surface area contributed by atoms with Gasteiger partial charge in [0.05, 0.1) is 10.6 Å². The van der Waals surface area contributed by atoms with Crippen LogP contribution >= 0.6 is 22.3 Å². The van der Waals surface area contributed by atoms with Crippen LogP contribution in [0.4, 0.5) is 8.78 Å². The van der Waals surface area contributed by atoms with Crippen LogP contribution in [0.15, 0.2) is 11.1 Å². The number of nitrogens with zero attached hydrogens (tertiary/aromatic N) is 2. The zero-order valence-corrected chi connectivity index (χ0v) is 9.61. The van der Waals surface area contributed by atoms with Crippen molar-refractivity contribution in [3.63, 3.8) is 0 Å². The van der Waals surface area contributed by atoms with Crippen LogP contribution in [0.2, 0.25) is 5.02 Å². The summed E-state index contributed by atoms with van der Waals surface area (Å²) in [6.07, 6.45) is -3.12. The molecule has 0 atom stereocenters. The smallest absolute Gasteiger partial charge is 0.232 e. The van der Waals surface area contributed by atoms with Gasteiger partial charge in [-0.15, -0.1) is 0 Å². The highest BCUT2D eigenvalue weighted by atomic mass is 35.7. The van der Waals surface area contributed by atoms with Gasteiger partial charge in [-0.05, 0) is 6.07 Å². The summed E-state index contributed by atoms with van der Waals surface area (Å²) in [5, 5.41) is 7.30. The fourth-order valence-electron chi connectivity index (χ4n) is 0.903. The molecule has 1 aromatic rings. The van der Waals surface area contributed by atoms with E-state index >= 15 is 0 Å². The SMILES string of the molecule is N#Cc1c(Cl)cc(S(=O)(=O)Cl)nc1C(F)F. The molecule has 0 unspecified atom stereocenters. The summed E-state index contributed by atoms with van der Waals surface area (Å²) in [4.78, 5) is 3.10. The van der Waals surface area contributed by atoms with Crippen molar-refractivity contribution in [2.45, 2.75) is 11.5 Å². The van der Waals surface area contributed by atoms with Crippen LogP contribution in [-0.2, 0) is 9.05 Å². The molecular weight excluding hydrogens is 285 g/mol. The van der Waals surface area contributed by atoms with Gasteiger partial charge < -0.3 is 0 Å². The van der Waals surface area contributed by atoms with Gasteiger partial charge in [-0.2, -0.15) is 5.26 Å². The molecule has 0 spiro atoms. The van der Waals surface area contributed by atoms with Gasteiger partial charge in [0.2, 0.25) is 0 Å². The molecule has 86 valence electrons. The molecule has 0 aliphatic heterocycles. The van der Waals surface area contributed by atoms with Crippen molar-refractivity contribution >= 4 is 31.3 Å². The molecule has 0 saturated carbocycles. The Morgan fingerprint density at radius 1 is 1.50 bits per heavy atom. The Bertz CT molecular complexity index is 568. The third-order valence-corrected chi connectivity index (χ3v) is 3.03. The molecule has 0 fully saturated rings. The molecule has 0 bridgehead atoms. The fourth-order valence-corrected chi connectivity index (χ4v) is 1.91. The van der Waals surface area contributed by atoms with E-state index in [0.29, 0.717) is 0 Å². The van der Waals surface area contributed by atoms with Crippen LogP contribution < -0.4 is 0 Å². The second kappa shape index (κ2) is 4.49. The lowest BCUT2D eigenvalue weighted by Crippen LogP contribution is -2.03. The summed E-state index contributed by atoms with van der Waals surface area (Å²) in [5.74, 6) is 0. The minimum absolute atomic E-state index is 0.438. The van der Waals surface area contributed by atoms with Gasteiger partial charge in [-0.1, -0.05) is 11.6 Å². The molecule has 4 nitrogen and oxygen atoms in total. The van der Waals surface area contributed by atoms with Crippen LogP contribution in [0.1, 0.15) is 17.7 Å². The van der Waals surface area contributed by atoms with Gasteiger partial charge in [0.25, 0.3) is 15.5 Å². The van der Waals surface area contributed by atoms with Crippen LogP contribution in [0.25, 0.3) is 0 Å². The third kappa shape index (κ3) is 2.58. The lowest BCUT2D eigenvalue weighted by molar-refractivity contribution is 0.145. The molecular formula is C7H2Cl2F2N2O2S. The average Bonchev–Trinajstić information content (AvgIpc) is 2.14. The van der Waals surface area contributed by atoms with Crippen LogP contribution in [-0.4, -0.2) is 13.4 Å². The molecule has 0 aliphatic carbocycles. The van der Waals surface area contributed by atoms with Crippen molar-refractivity contribution in [3.8, 4) is 6.07 Å². The Kier molecular flexibility index (Phi) is 3.68. The van der Waals surface area contributed by atoms with E-state index in [-0.39, 0.29) is 0 Å². The highest BCUT2D eigenvalue weighted by molar-refractivity contribution is 8.13. The molecule has 0 saturated heterocycles. The summed E-state index contributed by atoms with van der Waals surface area (Å²) in [7, 11) is 0.654. The van der Waals surface area contributed by atoms with Gasteiger partial charge >= 0.3 is 0 Å². The predicted molar refractivity (Wildman–Crippen MR) is 52.0 cm³/mol. The number of alkyl halides is 2. The van der Waals surface area contributed by atoms with Gasteiger partial charge in [0, 0.05) is 10.7 Å². The molecule has 0 N–H and O–H groups in total. The molecule has 16 heavy (non-hydrogen) atoms. The van der Waals surface area contributed by atoms with Gasteiger partial charge in [0.1, 0.15) is 11.8 Å². The molecule has 0 aromatic carbocycles. The summed E-state index contributed by atoms with van der Waals surface area (Å²) < 4.78 is 46.7. The molecule has 1 heterocycles. The Labute approximate surface area is 98.8 Å². The predicted octanol–water partition coefficient (Wildman–Crippen LogP) is 2.47. The first-order valence-electron chi connectivity index (χ1n) is 3.60. The summed E-state index contributed by atoms with van der Waals surface area (Å²) in [6, 6.07) is 2.16. The van der Waals surface area contributed by atoms with E-state index in [1.54, 1.807) is 0 Å². The number of hydrogen-bond acceptors (Lipinski definition) is 4. The Balaban J connectivity index is 3.61. The van der Waals surface area contributed by atoms with E-state index in [2.05, 4.69) is 4.98 Å². The molecule has 1 aromatic heterocycles. The van der Waals surface area contributed by atoms with Gasteiger partial charge in [0.15, 0.2) is 5.03 Å². The second-order valence-corrected chi connectivity index (χ2v) is 5.47. The maximum Gasteiger partial charge on any atom is 0.281 e. The largest absolute Gasteiger partial charge is 0.281 e. The molecule has 0 aliphatic rings. The van der Waals surface area contributed by atoms with E-state index in [1.807, 2.05) is 0 Å². The van der Waals surface area contributed by atoms with Crippen molar-refractivity contribution in [1.29, 1.82) is 5.26 Å². The van der Waals surface area contributed by atoms with Crippen LogP contribution in [0.3, 0.4) is 0 Å². The lowest BCUT2D eigenvalue weighted by Gasteiger charge is -2.05. The summed E-state index contributed by atoms with van der Waals surface area (Å²) >= 11 is 5.47. The Morgan fingerprint density at radius 3 is 2.44 bits per heavy atom. The van der Waals surface area contributed by atoms with Crippen molar-refractivity contribution in [1.82, 2.24) is 4.98 Å². The number of halogens is 4.